The van der Waals surface area contributed by atoms with Crippen molar-refractivity contribution in [1.82, 2.24) is 34.9 Å². The smallest absolute Gasteiger partial charge is 0.383 e. The van der Waals surface area contributed by atoms with E-state index in [0.717, 1.165) is 12.4 Å². The third-order valence-electron chi connectivity index (χ3n) is 5.01. The van der Waals surface area contributed by atoms with Crippen LogP contribution in [0.2, 0.25) is 0 Å². The van der Waals surface area contributed by atoms with E-state index in [2.05, 4.69) is 35.6 Å². The standard InChI is InChI=1S/C21H18F4N10/c1-2-13(14-9-35(34-33-14)15-6-4-3-5-12(15)22)32-19-16(18(27)30-10-31-19)17(26)11-7-28-20(29-8-11)21(23,24)25/h3-10,13,26H,2H2,1H3,(H3,27,30,31,32). The number of benzene rings is 1. The van der Waals surface area contributed by atoms with Crippen LogP contribution in [-0.2, 0) is 6.18 Å². The molecule has 0 aliphatic carbocycles. The Morgan fingerprint density at radius 1 is 1.14 bits per heavy atom. The number of nitrogen functional groups attached to an aromatic ring is 1. The molecule has 0 fully saturated rings. The van der Waals surface area contributed by atoms with Gasteiger partial charge in [-0.15, -0.1) is 5.10 Å². The summed E-state index contributed by atoms with van der Waals surface area (Å²) in [5.41, 5.74) is 6.43. The summed E-state index contributed by atoms with van der Waals surface area (Å²) in [6, 6.07) is 5.62. The summed E-state index contributed by atoms with van der Waals surface area (Å²) in [4.78, 5) is 14.6. The van der Waals surface area contributed by atoms with Gasteiger partial charge in [-0.05, 0) is 18.6 Å². The molecule has 180 valence electrons. The highest BCUT2D eigenvalue weighted by Crippen LogP contribution is 2.28. The molecule has 1 aromatic carbocycles. The van der Waals surface area contributed by atoms with Crippen LogP contribution >= 0.6 is 0 Å². The molecule has 3 aromatic heterocycles. The monoisotopic (exact) mass is 486 g/mol. The van der Waals surface area contributed by atoms with Crippen LogP contribution in [0.3, 0.4) is 0 Å². The number of anilines is 2. The molecule has 4 N–H and O–H groups in total. The molecule has 3 heterocycles. The summed E-state index contributed by atoms with van der Waals surface area (Å²) in [5.74, 6) is -1.72. The summed E-state index contributed by atoms with van der Waals surface area (Å²) in [6.45, 7) is 1.86. The van der Waals surface area contributed by atoms with Gasteiger partial charge in [-0.2, -0.15) is 13.2 Å². The number of hydrogen-bond donors (Lipinski definition) is 3. The zero-order valence-electron chi connectivity index (χ0n) is 18.1. The van der Waals surface area contributed by atoms with E-state index in [9.17, 15) is 17.6 Å². The Hall–Kier alpha value is -4.49. The Morgan fingerprint density at radius 2 is 1.86 bits per heavy atom. The zero-order chi connectivity index (χ0) is 25.2. The first kappa shape index (κ1) is 23.7. The highest BCUT2D eigenvalue weighted by Gasteiger charge is 2.34. The molecule has 1 unspecified atom stereocenters. The van der Waals surface area contributed by atoms with Crippen molar-refractivity contribution in [3.8, 4) is 5.69 Å². The number of para-hydroxylation sites is 1. The van der Waals surface area contributed by atoms with Gasteiger partial charge in [-0.25, -0.2) is 29.0 Å². The van der Waals surface area contributed by atoms with Crippen LogP contribution in [0.4, 0.5) is 29.2 Å². The lowest BCUT2D eigenvalue weighted by atomic mass is 10.1. The minimum Gasteiger partial charge on any atom is -0.383 e. The summed E-state index contributed by atoms with van der Waals surface area (Å²) in [5, 5.41) is 19.7. The Kier molecular flexibility index (Phi) is 6.36. The average Bonchev–Trinajstić information content (AvgIpc) is 3.32. The largest absolute Gasteiger partial charge is 0.451 e. The van der Waals surface area contributed by atoms with Gasteiger partial charge in [0.25, 0.3) is 0 Å². The molecule has 1 atom stereocenters. The molecule has 0 aliphatic heterocycles. The van der Waals surface area contributed by atoms with Gasteiger partial charge < -0.3 is 11.1 Å². The Labute approximate surface area is 195 Å². The summed E-state index contributed by atoms with van der Waals surface area (Å²) >= 11 is 0. The van der Waals surface area contributed by atoms with Crippen molar-refractivity contribution in [2.75, 3.05) is 11.1 Å². The maximum absolute atomic E-state index is 14.1. The second-order valence-corrected chi connectivity index (χ2v) is 7.30. The molecule has 0 saturated heterocycles. The van der Waals surface area contributed by atoms with Crippen molar-refractivity contribution in [2.45, 2.75) is 25.6 Å². The number of alkyl halides is 3. The van der Waals surface area contributed by atoms with Gasteiger partial charge >= 0.3 is 6.18 Å². The van der Waals surface area contributed by atoms with E-state index in [0.29, 0.717) is 12.1 Å². The molecule has 4 rings (SSSR count). The molecule has 10 nitrogen and oxygen atoms in total. The van der Waals surface area contributed by atoms with Gasteiger partial charge in [0.15, 0.2) is 0 Å². The van der Waals surface area contributed by atoms with Crippen LogP contribution in [0, 0.1) is 11.2 Å². The average molecular weight is 486 g/mol. The lowest BCUT2D eigenvalue weighted by Crippen LogP contribution is -2.18. The first-order valence-electron chi connectivity index (χ1n) is 10.2. The lowest BCUT2D eigenvalue weighted by molar-refractivity contribution is -0.145. The first-order valence-corrected chi connectivity index (χ1v) is 10.2. The Balaban J connectivity index is 1.63. The number of aromatic nitrogens is 7. The summed E-state index contributed by atoms with van der Waals surface area (Å²) in [7, 11) is 0. The fraction of sp³-hybridized carbons (Fsp3) is 0.190. The van der Waals surface area contributed by atoms with Crippen LogP contribution in [0.5, 0.6) is 0 Å². The number of rotatable bonds is 7. The highest BCUT2D eigenvalue weighted by atomic mass is 19.4. The normalized spacial score (nSPS) is 12.4. The number of nitrogens with one attached hydrogen (secondary N) is 2. The maximum atomic E-state index is 14.1. The third-order valence-corrected chi connectivity index (χ3v) is 5.01. The van der Waals surface area contributed by atoms with E-state index >= 15 is 0 Å². The van der Waals surface area contributed by atoms with E-state index in [1.165, 1.54) is 17.1 Å². The minimum atomic E-state index is -4.71. The van der Waals surface area contributed by atoms with Crippen molar-refractivity contribution in [1.29, 1.82) is 5.41 Å². The fourth-order valence-corrected chi connectivity index (χ4v) is 3.24. The Morgan fingerprint density at radius 3 is 2.51 bits per heavy atom. The van der Waals surface area contributed by atoms with E-state index < -0.39 is 23.9 Å². The van der Waals surface area contributed by atoms with Gasteiger partial charge in [0, 0.05) is 18.0 Å². The Bertz CT molecular complexity index is 1350. The van der Waals surface area contributed by atoms with Crippen molar-refractivity contribution in [3.63, 3.8) is 0 Å². The predicted molar refractivity (Wildman–Crippen MR) is 117 cm³/mol. The van der Waals surface area contributed by atoms with Crippen molar-refractivity contribution >= 4 is 17.3 Å². The molecule has 0 bridgehead atoms. The van der Waals surface area contributed by atoms with Gasteiger partial charge in [-0.3, -0.25) is 5.41 Å². The number of nitrogens with two attached hydrogens (primary N) is 1. The summed E-state index contributed by atoms with van der Waals surface area (Å²) < 4.78 is 53.8. The van der Waals surface area contributed by atoms with Gasteiger partial charge in [0.05, 0.1) is 23.5 Å². The number of hydrogen-bond acceptors (Lipinski definition) is 9. The zero-order valence-corrected chi connectivity index (χ0v) is 18.1. The number of halogens is 4. The predicted octanol–water partition coefficient (Wildman–Crippen LogP) is 3.57. The summed E-state index contributed by atoms with van der Waals surface area (Å²) in [6.07, 6.45) is 0.281. The lowest BCUT2D eigenvalue weighted by Gasteiger charge is -2.18. The van der Waals surface area contributed by atoms with Gasteiger partial charge in [0.1, 0.15) is 35.2 Å². The second-order valence-electron chi connectivity index (χ2n) is 7.30. The van der Waals surface area contributed by atoms with E-state index in [1.807, 2.05) is 6.92 Å². The van der Waals surface area contributed by atoms with E-state index in [1.54, 1.807) is 24.4 Å². The molecule has 0 saturated carbocycles. The fourth-order valence-electron chi connectivity index (χ4n) is 3.24. The topological polar surface area (TPSA) is 144 Å². The van der Waals surface area contributed by atoms with Crippen molar-refractivity contribution in [3.05, 3.63) is 77.6 Å². The molecular formula is C21H18F4N10. The molecule has 0 amide bonds. The van der Waals surface area contributed by atoms with Gasteiger partial charge in [0.2, 0.25) is 5.82 Å². The molecule has 0 radical (unpaired) electrons. The van der Waals surface area contributed by atoms with Crippen molar-refractivity contribution < 1.29 is 17.6 Å². The number of nitrogens with zero attached hydrogens (tertiary/aromatic N) is 7. The van der Waals surface area contributed by atoms with Crippen LogP contribution in [0.1, 0.15) is 42.0 Å². The third kappa shape index (κ3) is 4.90. The van der Waals surface area contributed by atoms with Crippen LogP contribution in [0.15, 0.2) is 49.2 Å². The quantitative estimate of drug-likeness (QED) is 0.266. The molecule has 35 heavy (non-hydrogen) atoms. The van der Waals surface area contributed by atoms with Crippen LogP contribution < -0.4 is 11.1 Å². The van der Waals surface area contributed by atoms with E-state index in [4.69, 9.17) is 11.1 Å². The van der Waals surface area contributed by atoms with E-state index in [-0.39, 0.29) is 34.2 Å². The van der Waals surface area contributed by atoms with Gasteiger partial charge in [-0.1, -0.05) is 24.3 Å². The second kappa shape index (κ2) is 9.40. The van der Waals surface area contributed by atoms with Crippen LogP contribution in [0.25, 0.3) is 5.69 Å². The SMILES string of the molecule is CCC(Nc1ncnc(N)c1C(=N)c1cnc(C(F)(F)F)nc1)c1cn(-c2ccccc2F)nn1. The maximum Gasteiger partial charge on any atom is 0.451 e. The highest BCUT2D eigenvalue weighted by molar-refractivity contribution is 6.15. The molecule has 14 heteroatoms. The first-order chi connectivity index (χ1) is 16.7. The van der Waals surface area contributed by atoms with Crippen molar-refractivity contribution in [2.24, 2.45) is 0 Å². The molecular weight excluding hydrogens is 468 g/mol. The molecule has 0 spiro atoms. The molecule has 0 aliphatic rings. The minimum absolute atomic E-state index is 0.0129. The van der Waals surface area contributed by atoms with Crippen LogP contribution in [-0.4, -0.2) is 40.6 Å². The molecule has 4 aromatic rings.